The first kappa shape index (κ1) is 43.2. The van der Waals surface area contributed by atoms with E-state index in [-0.39, 0.29) is 45.2 Å². The van der Waals surface area contributed by atoms with Gasteiger partial charge in [-0.2, -0.15) is 0 Å². The number of nitrogens with zero attached hydrogens (tertiary/aromatic N) is 2. The second kappa shape index (κ2) is 13.8. The van der Waals surface area contributed by atoms with Crippen LogP contribution in [0, 0.1) is 11.3 Å². The van der Waals surface area contributed by atoms with Gasteiger partial charge in [0, 0.05) is 39.5 Å². The molecule has 334 valence electrons. The molecule has 0 fully saturated rings. The van der Waals surface area contributed by atoms with Crippen molar-refractivity contribution in [3.05, 3.63) is 164 Å². The van der Waals surface area contributed by atoms with Crippen LogP contribution in [0.1, 0.15) is 151 Å². The van der Waals surface area contributed by atoms with Gasteiger partial charge < -0.3 is 9.80 Å². The van der Waals surface area contributed by atoms with E-state index in [0.29, 0.717) is 11.2 Å². The van der Waals surface area contributed by atoms with Crippen LogP contribution < -0.4 is 15.3 Å². The SMILES string of the molecule is CC1=CC2=C3B(C4=C5C6C=C(C=C[C@@H]6S4)C(C)(C)C(C)(C)c4cc(cc(C(C)(C)C)c4)N5C3C1)c1ccc3c(c1N2c1ccc(C(C)(C)C)cc1-c1ccccc1)C(C)(C)CCC3(C)C. The lowest BCUT2D eigenvalue weighted by Crippen LogP contribution is -2.57. The lowest BCUT2D eigenvalue weighted by Gasteiger charge is -2.53. The van der Waals surface area contributed by atoms with Crippen molar-refractivity contribution in [2.75, 3.05) is 9.80 Å². The summed E-state index contributed by atoms with van der Waals surface area (Å²) < 4.78 is 0. The summed E-state index contributed by atoms with van der Waals surface area (Å²) in [5.74, 6) is 0.297. The van der Waals surface area contributed by atoms with E-state index in [1.165, 1.54) is 79.2 Å². The van der Waals surface area contributed by atoms with E-state index in [1.54, 1.807) is 21.5 Å². The third-order valence-electron chi connectivity index (χ3n) is 17.7. The molecule has 7 aliphatic rings. The maximum Gasteiger partial charge on any atom is 0.254 e. The van der Waals surface area contributed by atoms with E-state index < -0.39 is 0 Å². The minimum atomic E-state index is -0.111. The number of hydrogen-bond acceptors (Lipinski definition) is 3. The summed E-state index contributed by atoms with van der Waals surface area (Å²) in [6.07, 6.45) is 13.8. The average molecular weight is 875 g/mol. The highest BCUT2D eigenvalue weighted by atomic mass is 32.2. The Morgan fingerprint density at radius 3 is 2.15 bits per heavy atom. The van der Waals surface area contributed by atoms with Gasteiger partial charge in [0.05, 0.1) is 11.7 Å². The van der Waals surface area contributed by atoms with Gasteiger partial charge in [0.1, 0.15) is 0 Å². The molecular weight excluding hydrogens is 804 g/mol. The van der Waals surface area contributed by atoms with Crippen LogP contribution in [-0.4, -0.2) is 18.0 Å². The quantitative estimate of drug-likeness (QED) is 0.185. The highest BCUT2D eigenvalue weighted by molar-refractivity contribution is 8.06. The van der Waals surface area contributed by atoms with Gasteiger partial charge in [-0.25, -0.2) is 0 Å². The largest absolute Gasteiger partial charge is 0.338 e. The van der Waals surface area contributed by atoms with Gasteiger partial charge in [-0.05, 0) is 144 Å². The third-order valence-corrected chi connectivity index (χ3v) is 19.2. The third kappa shape index (κ3) is 6.20. The zero-order valence-electron chi connectivity index (χ0n) is 42.0. The Balaban J connectivity index is 1.29. The summed E-state index contributed by atoms with van der Waals surface area (Å²) >= 11 is 2.18. The molecule has 0 radical (unpaired) electrons. The Hall–Kier alpha value is -4.41. The van der Waals surface area contributed by atoms with Gasteiger partial charge in [0.25, 0.3) is 6.71 Å². The molecule has 65 heavy (non-hydrogen) atoms. The van der Waals surface area contributed by atoms with E-state index >= 15 is 0 Å². The average Bonchev–Trinajstić information content (AvgIpc) is 3.62. The molecule has 3 aliphatic carbocycles. The number of hydrogen-bond donors (Lipinski definition) is 0. The Kier molecular flexibility index (Phi) is 9.19. The second-order valence-electron chi connectivity index (χ2n) is 25.3. The van der Waals surface area contributed by atoms with Gasteiger partial charge in [0.15, 0.2) is 0 Å². The first-order valence-electron chi connectivity index (χ1n) is 24.8. The number of rotatable bonds is 2. The molecule has 2 unspecified atom stereocenters. The van der Waals surface area contributed by atoms with Crippen molar-refractivity contribution < 1.29 is 0 Å². The molecule has 4 aromatic carbocycles. The van der Waals surface area contributed by atoms with Crippen LogP contribution in [-0.2, 0) is 27.1 Å². The fourth-order valence-corrected chi connectivity index (χ4v) is 14.4. The molecule has 2 nitrogen and oxygen atoms in total. The van der Waals surface area contributed by atoms with E-state index in [9.17, 15) is 0 Å². The first-order chi connectivity index (χ1) is 30.4. The van der Waals surface area contributed by atoms with Gasteiger partial charge in [-0.15, -0.1) is 11.8 Å². The monoisotopic (exact) mass is 875 g/mol. The molecule has 4 heteroatoms. The second-order valence-corrected chi connectivity index (χ2v) is 26.6. The topological polar surface area (TPSA) is 6.48 Å². The van der Waals surface area contributed by atoms with Crippen LogP contribution in [0.4, 0.5) is 17.1 Å². The summed E-state index contributed by atoms with van der Waals surface area (Å²) in [5.41, 5.74) is 22.8. The summed E-state index contributed by atoms with van der Waals surface area (Å²) in [7, 11) is 0. The van der Waals surface area contributed by atoms with Crippen molar-refractivity contribution in [1.82, 2.24) is 0 Å². The molecule has 0 aromatic heterocycles. The molecule has 0 saturated carbocycles. The van der Waals surface area contributed by atoms with Crippen molar-refractivity contribution in [2.24, 2.45) is 11.3 Å². The molecular formula is C61H71BN2S. The fraction of sp³-hybridized carbons (Fsp3) is 0.443. The minimum absolute atomic E-state index is 0.00520. The van der Waals surface area contributed by atoms with E-state index in [4.69, 9.17) is 0 Å². The molecule has 0 N–H and O–H groups in total. The zero-order valence-corrected chi connectivity index (χ0v) is 42.9. The molecule has 0 spiro atoms. The molecule has 4 heterocycles. The number of fused-ring (bicyclic) bond motifs is 9. The predicted molar refractivity (Wildman–Crippen MR) is 283 cm³/mol. The molecule has 0 saturated heterocycles. The van der Waals surface area contributed by atoms with Crippen LogP contribution in [0.5, 0.6) is 0 Å². The first-order valence-corrected chi connectivity index (χ1v) is 25.6. The Morgan fingerprint density at radius 2 is 1.45 bits per heavy atom. The molecule has 4 aliphatic heterocycles. The van der Waals surface area contributed by atoms with Crippen LogP contribution in [0.3, 0.4) is 0 Å². The van der Waals surface area contributed by atoms with Gasteiger partial charge in [-0.1, -0.05) is 175 Å². The zero-order chi connectivity index (χ0) is 46.1. The highest BCUT2D eigenvalue weighted by Crippen LogP contribution is 2.62. The molecule has 4 aromatic rings. The molecule has 3 atom stereocenters. The number of allylic oxidation sites excluding steroid dienone is 4. The van der Waals surface area contributed by atoms with Crippen molar-refractivity contribution in [3.63, 3.8) is 0 Å². The van der Waals surface area contributed by atoms with Crippen LogP contribution >= 0.6 is 11.8 Å². The standard InChI is InChI=1S/C61H71BN2S/c1-36-29-48-52-49(30-36)64(47-25-21-38(56(2,3)4)34-43(47)37-19-17-16-18-20-37)54-46(24-23-45-51(54)59(10,11)28-27-58(45,8)9)62(52)55-53-44-35-39(22-26-50(44)65-55)60(12,13)61(14,15)41-31-40(57(5,6)7)32-42(33-41)63(48)53/h16-26,30-35,44,48,50H,27-29H2,1-15H3/t44?,48?,50-/m0/s1. The van der Waals surface area contributed by atoms with E-state index in [0.717, 1.165) is 12.8 Å². The normalized spacial score (nSPS) is 25.2. The van der Waals surface area contributed by atoms with E-state index in [1.807, 2.05) is 0 Å². The summed E-state index contributed by atoms with van der Waals surface area (Å²) in [4.78, 5) is 7.29. The van der Waals surface area contributed by atoms with Crippen molar-refractivity contribution in [1.29, 1.82) is 0 Å². The number of anilines is 3. The predicted octanol–water partition coefficient (Wildman–Crippen LogP) is 15.5. The Morgan fingerprint density at radius 1 is 0.738 bits per heavy atom. The summed E-state index contributed by atoms with van der Waals surface area (Å²) in [5, 5.41) is 0.359. The smallest absolute Gasteiger partial charge is 0.254 e. The van der Waals surface area contributed by atoms with Gasteiger partial charge >= 0.3 is 0 Å². The highest BCUT2D eigenvalue weighted by Gasteiger charge is 2.57. The van der Waals surface area contributed by atoms with Crippen LogP contribution in [0.2, 0.25) is 0 Å². The fourth-order valence-electron chi connectivity index (χ4n) is 12.9. The summed E-state index contributed by atoms with van der Waals surface area (Å²) in [6, 6.07) is 31.8. The Labute approximate surface area is 396 Å². The van der Waals surface area contributed by atoms with Crippen LogP contribution in [0.15, 0.2) is 136 Å². The Bertz CT molecular complexity index is 2880. The van der Waals surface area contributed by atoms with Crippen molar-refractivity contribution >= 4 is 41.0 Å². The lowest BCUT2D eigenvalue weighted by atomic mass is 9.33. The molecule has 11 rings (SSSR count). The molecule has 4 bridgehead atoms. The number of benzene rings is 4. The van der Waals surface area contributed by atoms with Gasteiger partial charge in [-0.3, -0.25) is 0 Å². The van der Waals surface area contributed by atoms with Gasteiger partial charge in [0.2, 0.25) is 0 Å². The van der Waals surface area contributed by atoms with Crippen molar-refractivity contribution in [3.8, 4) is 11.1 Å². The summed E-state index contributed by atoms with van der Waals surface area (Å²) in [6.45, 7) is 37.0. The maximum atomic E-state index is 2.91. The number of thioether (sulfide) groups is 1. The van der Waals surface area contributed by atoms with E-state index in [2.05, 4.69) is 229 Å². The lowest BCUT2D eigenvalue weighted by molar-refractivity contribution is 0.251. The van der Waals surface area contributed by atoms with Crippen molar-refractivity contribution in [2.45, 2.75) is 161 Å². The van der Waals surface area contributed by atoms with Crippen LogP contribution in [0.25, 0.3) is 11.1 Å². The molecule has 0 amide bonds. The minimum Gasteiger partial charge on any atom is -0.338 e. The maximum absolute atomic E-state index is 2.91.